The normalized spacial score (nSPS) is 24.6. The standard InChI is InChI=1S/C15H25N3O/c1-15(12-16,13-7-8-13)17-14(19)11-18-9-5-3-2-4-6-10-18/h13H,2-11H2,1H3,(H,17,19)/p+1/t15-/m0/s1. The molecule has 1 atom stereocenters. The molecule has 1 aliphatic heterocycles. The fourth-order valence-electron chi connectivity index (χ4n) is 3.02. The highest BCUT2D eigenvalue weighted by molar-refractivity contribution is 5.78. The Bertz CT molecular complexity index is 351. The first-order chi connectivity index (χ1) is 9.14. The molecule has 2 rings (SSSR count). The summed E-state index contributed by atoms with van der Waals surface area (Å²) in [4.78, 5) is 13.5. The van der Waals surface area contributed by atoms with Gasteiger partial charge in [-0.15, -0.1) is 0 Å². The summed E-state index contributed by atoms with van der Waals surface area (Å²) in [5, 5.41) is 12.2. The highest BCUT2D eigenvalue weighted by atomic mass is 16.2. The Morgan fingerprint density at radius 3 is 2.37 bits per heavy atom. The Labute approximate surface area is 116 Å². The van der Waals surface area contributed by atoms with E-state index in [0.29, 0.717) is 12.5 Å². The van der Waals surface area contributed by atoms with Crippen molar-refractivity contribution in [3.8, 4) is 6.07 Å². The second-order valence-corrected chi connectivity index (χ2v) is 6.33. The molecule has 1 aliphatic carbocycles. The first-order valence-corrected chi connectivity index (χ1v) is 7.70. The summed E-state index contributed by atoms with van der Waals surface area (Å²) in [5.74, 6) is 0.412. The van der Waals surface area contributed by atoms with Gasteiger partial charge in [0.25, 0.3) is 5.91 Å². The number of nitrogens with one attached hydrogen (secondary N) is 2. The van der Waals surface area contributed by atoms with Gasteiger partial charge in [-0.1, -0.05) is 6.42 Å². The summed E-state index contributed by atoms with van der Waals surface area (Å²) in [7, 11) is 0. The molecular formula is C15H26N3O+. The van der Waals surface area contributed by atoms with Gasteiger partial charge in [-0.3, -0.25) is 4.79 Å². The van der Waals surface area contributed by atoms with Crippen LogP contribution in [0.15, 0.2) is 0 Å². The van der Waals surface area contributed by atoms with Gasteiger partial charge < -0.3 is 10.2 Å². The quantitative estimate of drug-likeness (QED) is 0.783. The van der Waals surface area contributed by atoms with Gasteiger partial charge in [0.15, 0.2) is 6.54 Å². The number of nitriles is 1. The summed E-state index contributed by atoms with van der Waals surface area (Å²) in [5.41, 5.74) is -0.640. The molecule has 0 aromatic rings. The molecule has 0 unspecified atom stereocenters. The lowest BCUT2D eigenvalue weighted by Gasteiger charge is -2.25. The molecule has 1 amide bonds. The zero-order chi connectivity index (χ0) is 13.7. The number of nitrogens with zero attached hydrogens (tertiary/aromatic N) is 1. The molecule has 0 radical (unpaired) electrons. The summed E-state index contributed by atoms with van der Waals surface area (Å²) in [6.07, 6.45) is 8.52. The maximum absolute atomic E-state index is 12.1. The van der Waals surface area contributed by atoms with E-state index in [1.54, 1.807) is 0 Å². The zero-order valence-corrected chi connectivity index (χ0v) is 12.0. The average Bonchev–Trinajstić information content (AvgIpc) is 3.16. The highest BCUT2D eigenvalue weighted by Crippen LogP contribution is 2.39. The van der Waals surface area contributed by atoms with E-state index in [2.05, 4.69) is 11.4 Å². The maximum atomic E-state index is 12.1. The molecule has 1 saturated carbocycles. The van der Waals surface area contributed by atoms with Crippen LogP contribution in [-0.2, 0) is 4.79 Å². The van der Waals surface area contributed by atoms with Crippen molar-refractivity contribution in [2.45, 2.75) is 57.4 Å². The minimum Gasteiger partial charge on any atom is -0.333 e. The van der Waals surface area contributed by atoms with Crippen LogP contribution in [0.4, 0.5) is 0 Å². The molecule has 0 aromatic carbocycles. The van der Waals surface area contributed by atoms with Crippen molar-refractivity contribution >= 4 is 5.91 Å². The van der Waals surface area contributed by atoms with Crippen LogP contribution in [0.3, 0.4) is 0 Å². The molecule has 0 bridgehead atoms. The Kier molecular flexibility index (Phi) is 4.81. The minimum atomic E-state index is -0.640. The van der Waals surface area contributed by atoms with Crippen LogP contribution in [-0.4, -0.2) is 31.1 Å². The second kappa shape index (κ2) is 6.38. The van der Waals surface area contributed by atoms with E-state index in [1.165, 1.54) is 37.0 Å². The van der Waals surface area contributed by atoms with Crippen LogP contribution >= 0.6 is 0 Å². The van der Waals surface area contributed by atoms with Crippen LogP contribution in [0.2, 0.25) is 0 Å². The molecule has 1 saturated heterocycles. The number of carbonyl (C=O) groups excluding carboxylic acids is 1. The van der Waals surface area contributed by atoms with Crippen molar-refractivity contribution in [1.82, 2.24) is 5.32 Å². The largest absolute Gasteiger partial charge is 0.333 e. The lowest BCUT2D eigenvalue weighted by molar-refractivity contribution is -0.893. The number of hydrogen-bond acceptors (Lipinski definition) is 2. The molecule has 0 spiro atoms. The monoisotopic (exact) mass is 264 g/mol. The van der Waals surface area contributed by atoms with E-state index in [4.69, 9.17) is 0 Å². The van der Waals surface area contributed by atoms with Crippen molar-refractivity contribution in [2.75, 3.05) is 19.6 Å². The number of hydrogen-bond donors (Lipinski definition) is 2. The average molecular weight is 264 g/mol. The topological polar surface area (TPSA) is 57.3 Å². The number of amides is 1. The van der Waals surface area contributed by atoms with Crippen LogP contribution in [0.25, 0.3) is 0 Å². The van der Waals surface area contributed by atoms with Gasteiger partial charge in [0.2, 0.25) is 0 Å². The molecule has 2 aliphatic rings. The first-order valence-electron chi connectivity index (χ1n) is 7.70. The number of carbonyl (C=O) groups is 1. The molecule has 4 heteroatoms. The molecule has 19 heavy (non-hydrogen) atoms. The minimum absolute atomic E-state index is 0.0477. The van der Waals surface area contributed by atoms with Crippen molar-refractivity contribution < 1.29 is 9.69 Å². The summed E-state index contributed by atoms with van der Waals surface area (Å²) in [6.45, 7) is 4.59. The molecule has 4 nitrogen and oxygen atoms in total. The van der Waals surface area contributed by atoms with E-state index in [-0.39, 0.29) is 5.91 Å². The first kappa shape index (κ1) is 14.3. The third kappa shape index (κ3) is 4.21. The zero-order valence-electron chi connectivity index (χ0n) is 12.0. The van der Waals surface area contributed by atoms with Gasteiger partial charge >= 0.3 is 0 Å². The fraction of sp³-hybridized carbons (Fsp3) is 0.867. The van der Waals surface area contributed by atoms with E-state index in [9.17, 15) is 10.1 Å². The Morgan fingerprint density at radius 1 is 1.26 bits per heavy atom. The van der Waals surface area contributed by atoms with E-state index in [1.807, 2.05) is 6.92 Å². The molecule has 0 aromatic heterocycles. The van der Waals surface area contributed by atoms with Gasteiger partial charge in [-0.05, 0) is 51.4 Å². The smallest absolute Gasteiger partial charge is 0.276 e. The third-order valence-corrected chi connectivity index (χ3v) is 4.50. The lowest BCUT2D eigenvalue weighted by atomic mass is 9.98. The third-order valence-electron chi connectivity index (χ3n) is 4.50. The van der Waals surface area contributed by atoms with Crippen LogP contribution in [0.1, 0.15) is 51.9 Å². The molecule has 2 fully saturated rings. The van der Waals surface area contributed by atoms with Gasteiger partial charge in [-0.25, -0.2) is 0 Å². The number of likely N-dealkylation sites (tertiary alicyclic amines) is 1. The van der Waals surface area contributed by atoms with E-state index < -0.39 is 5.54 Å². The maximum Gasteiger partial charge on any atom is 0.276 e. The molecule has 1 heterocycles. The Morgan fingerprint density at radius 2 is 1.84 bits per heavy atom. The number of rotatable bonds is 4. The SMILES string of the molecule is C[C@@](C#N)(NC(=O)C[NH+]1CCCCCCC1)C1CC1. The van der Waals surface area contributed by atoms with Crippen LogP contribution in [0, 0.1) is 17.2 Å². The van der Waals surface area contributed by atoms with Gasteiger partial charge in [-0.2, -0.15) is 5.26 Å². The predicted octanol–water partition coefficient (Wildman–Crippen LogP) is 0.644. The lowest BCUT2D eigenvalue weighted by Crippen LogP contribution is -3.13. The summed E-state index contributed by atoms with van der Waals surface area (Å²) >= 11 is 0. The van der Waals surface area contributed by atoms with Crippen LogP contribution in [0.5, 0.6) is 0 Å². The molecular weight excluding hydrogens is 238 g/mol. The second-order valence-electron chi connectivity index (χ2n) is 6.33. The fourth-order valence-corrected chi connectivity index (χ4v) is 3.02. The van der Waals surface area contributed by atoms with Crippen molar-refractivity contribution in [2.24, 2.45) is 5.92 Å². The van der Waals surface area contributed by atoms with Crippen molar-refractivity contribution in [3.63, 3.8) is 0 Å². The van der Waals surface area contributed by atoms with E-state index in [0.717, 1.165) is 25.9 Å². The predicted molar refractivity (Wildman–Crippen MR) is 73.5 cm³/mol. The summed E-state index contributed by atoms with van der Waals surface area (Å²) in [6, 6.07) is 2.29. The molecule has 2 N–H and O–H groups in total. The number of quaternary nitrogens is 1. The van der Waals surface area contributed by atoms with Gasteiger partial charge in [0.1, 0.15) is 5.54 Å². The van der Waals surface area contributed by atoms with Crippen molar-refractivity contribution in [3.05, 3.63) is 0 Å². The van der Waals surface area contributed by atoms with Gasteiger partial charge in [0, 0.05) is 0 Å². The Hall–Kier alpha value is -1.08. The van der Waals surface area contributed by atoms with E-state index >= 15 is 0 Å². The van der Waals surface area contributed by atoms with Crippen LogP contribution < -0.4 is 10.2 Å². The summed E-state index contributed by atoms with van der Waals surface area (Å²) < 4.78 is 0. The van der Waals surface area contributed by atoms with Gasteiger partial charge in [0.05, 0.1) is 19.2 Å². The molecule has 106 valence electrons. The highest BCUT2D eigenvalue weighted by Gasteiger charge is 2.43. The Balaban J connectivity index is 1.81. The van der Waals surface area contributed by atoms with Crippen molar-refractivity contribution in [1.29, 1.82) is 5.26 Å².